The molecule has 0 saturated heterocycles. The fourth-order valence-electron chi connectivity index (χ4n) is 1.88. The van der Waals surface area contributed by atoms with E-state index < -0.39 is 18.0 Å². The third-order valence-corrected chi connectivity index (χ3v) is 3.02. The van der Waals surface area contributed by atoms with E-state index in [4.69, 9.17) is 4.74 Å². The maximum absolute atomic E-state index is 12.0. The molecular weight excluding hydrogens is 282 g/mol. The Morgan fingerprint density at radius 3 is 2.55 bits per heavy atom. The summed E-state index contributed by atoms with van der Waals surface area (Å²) >= 11 is 0. The maximum atomic E-state index is 12.0. The molecule has 2 N–H and O–H groups in total. The topological polar surface area (TPSA) is 75.6 Å². The quantitative estimate of drug-likeness (QED) is 0.851. The van der Waals surface area contributed by atoms with Crippen molar-refractivity contribution >= 4 is 17.6 Å². The Bertz CT molecular complexity index is 697. The summed E-state index contributed by atoms with van der Waals surface area (Å²) in [5.74, 6) is -1.12. The van der Waals surface area contributed by atoms with Gasteiger partial charge in [0.1, 0.15) is 5.75 Å². The van der Waals surface area contributed by atoms with E-state index in [0.29, 0.717) is 5.69 Å². The number of hydrogen-bond acceptors (Lipinski definition) is 4. The average Bonchev–Trinajstić information content (AvgIpc) is 2.47. The molecule has 114 valence electrons. The highest BCUT2D eigenvalue weighted by molar-refractivity contribution is 5.97. The minimum absolute atomic E-state index is 0.0358. The van der Waals surface area contributed by atoms with E-state index in [-0.39, 0.29) is 11.3 Å². The lowest BCUT2D eigenvalue weighted by molar-refractivity contribution is -0.123. The molecule has 0 spiro atoms. The van der Waals surface area contributed by atoms with Crippen molar-refractivity contribution in [1.82, 2.24) is 0 Å². The predicted octanol–water partition coefficient (Wildman–Crippen LogP) is 2.88. The molecule has 5 nitrogen and oxygen atoms in total. The molecule has 0 saturated carbocycles. The molecule has 2 aromatic carbocycles. The standard InChI is InChI=1S/C17H17NO4/c1-11-5-3-7-14(9-11)18-16(20)12(2)22-17(21)13-6-4-8-15(19)10-13/h3-10,12,19H,1-2H3,(H,18,20)/t12-/m1/s1. The zero-order valence-electron chi connectivity index (χ0n) is 12.4. The van der Waals surface area contributed by atoms with Crippen LogP contribution in [0.2, 0.25) is 0 Å². The van der Waals surface area contributed by atoms with Gasteiger partial charge in [0.25, 0.3) is 5.91 Å². The lowest BCUT2D eigenvalue weighted by Gasteiger charge is -2.14. The second-order valence-electron chi connectivity index (χ2n) is 4.96. The fraction of sp³-hybridized carbons (Fsp3) is 0.176. The minimum Gasteiger partial charge on any atom is -0.508 e. The molecule has 1 amide bonds. The number of nitrogens with one attached hydrogen (secondary N) is 1. The van der Waals surface area contributed by atoms with Crippen molar-refractivity contribution in [2.75, 3.05) is 5.32 Å². The zero-order valence-corrected chi connectivity index (χ0v) is 12.4. The summed E-state index contributed by atoms with van der Waals surface area (Å²) in [4.78, 5) is 23.9. The molecular formula is C17H17NO4. The van der Waals surface area contributed by atoms with Crippen LogP contribution >= 0.6 is 0 Å². The van der Waals surface area contributed by atoms with Crippen LogP contribution in [0.1, 0.15) is 22.8 Å². The predicted molar refractivity (Wildman–Crippen MR) is 82.8 cm³/mol. The summed E-state index contributed by atoms with van der Waals surface area (Å²) in [5.41, 5.74) is 1.85. The molecule has 22 heavy (non-hydrogen) atoms. The Labute approximate surface area is 128 Å². The molecule has 0 aromatic heterocycles. The first-order valence-corrected chi connectivity index (χ1v) is 6.83. The number of carbonyl (C=O) groups is 2. The van der Waals surface area contributed by atoms with Gasteiger partial charge in [0.2, 0.25) is 0 Å². The monoisotopic (exact) mass is 299 g/mol. The number of amides is 1. The summed E-state index contributed by atoms with van der Waals surface area (Å²) in [6, 6.07) is 13.1. The number of phenolic OH excluding ortho intramolecular Hbond substituents is 1. The molecule has 5 heteroatoms. The van der Waals surface area contributed by atoms with Crippen molar-refractivity contribution in [3.05, 3.63) is 59.7 Å². The molecule has 2 rings (SSSR count). The number of rotatable bonds is 4. The summed E-state index contributed by atoms with van der Waals surface area (Å²) in [5, 5.41) is 12.0. The number of phenols is 1. The number of hydrogen-bond donors (Lipinski definition) is 2. The van der Waals surface area contributed by atoms with E-state index in [9.17, 15) is 14.7 Å². The normalized spacial score (nSPS) is 11.5. The smallest absolute Gasteiger partial charge is 0.339 e. The van der Waals surface area contributed by atoms with Crippen LogP contribution in [0.4, 0.5) is 5.69 Å². The molecule has 0 unspecified atom stereocenters. The fourth-order valence-corrected chi connectivity index (χ4v) is 1.88. The van der Waals surface area contributed by atoms with Gasteiger partial charge in [-0.15, -0.1) is 0 Å². The molecule has 0 aliphatic heterocycles. The van der Waals surface area contributed by atoms with E-state index in [1.54, 1.807) is 6.07 Å². The molecule has 1 atom stereocenters. The lowest BCUT2D eigenvalue weighted by Crippen LogP contribution is -2.30. The number of aryl methyl sites for hydroxylation is 1. The number of ether oxygens (including phenoxy) is 1. The number of carbonyl (C=O) groups excluding carboxylic acids is 2. The van der Waals surface area contributed by atoms with Crippen LogP contribution in [0, 0.1) is 6.92 Å². The number of anilines is 1. The van der Waals surface area contributed by atoms with Crippen LogP contribution in [0.15, 0.2) is 48.5 Å². The third kappa shape index (κ3) is 4.09. The van der Waals surface area contributed by atoms with Gasteiger partial charge in [0.15, 0.2) is 6.10 Å². The van der Waals surface area contributed by atoms with E-state index in [2.05, 4.69) is 5.32 Å². The molecule has 0 fully saturated rings. The first-order valence-electron chi connectivity index (χ1n) is 6.83. The summed E-state index contributed by atoms with van der Waals surface area (Å²) in [6.45, 7) is 3.41. The van der Waals surface area contributed by atoms with E-state index >= 15 is 0 Å². The van der Waals surface area contributed by atoms with Crippen molar-refractivity contribution in [1.29, 1.82) is 0 Å². The van der Waals surface area contributed by atoms with Gasteiger partial charge in [0.05, 0.1) is 5.56 Å². The zero-order chi connectivity index (χ0) is 16.1. The van der Waals surface area contributed by atoms with Crippen molar-refractivity contribution < 1.29 is 19.4 Å². The largest absolute Gasteiger partial charge is 0.508 e. The second kappa shape index (κ2) is 6.76. The summed E-state index contributed by atoms with van der Waals surface area (Å²) < 4.78 is 5.09. The number of aromatic hydroxyl groups is 1. The van der Waals surface area contributed by atoms with Crippen LogP contribution in [0.5, 0.6) is 5.75 Å². The van der Waals surface area contributed by atoms with Crippen LogP contribution in [0.25, 0.3) is 0 Å². The van der Waals surface area contributed by atoms with Gasteiger partial charge >= 0.3 is 5.97 Å². The Morgan fingerprint density at radius 1 is 1.14 bits per heavy atom. The average molecular weight is 299 g/mol. The molecule has 0 radical (unpaired) electrons. The minimum atomic E-state index is -0.949. The molecule has 2 aromatic rings. The van der Waals surface area contributed by atoms with E-state index in [0.717, 1.165) is 5.56 Å². The highest BCUT2D eigenvalue weighted by Gasteiger charge is 2.19. The van der Waals surface area contributed by atoms with Crippen LogP contribution in [-0.2, 0) is 9.53 Å². The van der Waals surface area contributed by atoms with Gasteiger partial charge in [-0.2, -0.15) is 0 Å². The highest BCUT2D eigenvalue weighted by Crippen LogP contribution is 2.14. The molecule has 0 aliphatic rings. The van der Waals surface area contributed by atoms with Gasteiger partial charge in [0, 0.05) is 5.69 Å². The van der Waals surface area contributed by atoms with Gasteiger partial charge in [-0.3, -0.25) is 4.79 Å². The van der Waals surface area contributed by atoms with Gasteiger partial charge < -0.3 is 15.2 Å². The molecule has 0 bridgehead atoms. The van der Waals surface area contributed by atoms with Crippen LogP contribution < -0.4 is 5.32 Å². The van der Waals surface area contributed by atoms with Crippen molar-refractivity contribution in [2.45, 2.75) is 20.0 Å². The number of benzene rings is 2. The second-order valence-corrected chi connectivity index (χ2v) is 4.96. The Morgan fingerprint density at radius 2 is 1.86 bits per heavy atom. The maximum Gasteiger partial charge on any atom is 0.339 e. The third-order valence-electron chi connectivity index (χ3n) is 3.02. The van der Waals surface area contributed by atoms with Gasteiger partial charge in [-0.1, -0.05) is 18.2 Å². The SMILES string of the molecule is Cc1cccc(NC(=O)[C@@H](C)OC(=O)c2cccc(O)c2)c1. The van der Waals surface area contributed by atoms with E-state index in [1.807, 2.05) is 25.1 Å². The van der Waals surface area contributed by atoms with Crippen LogP contribution in [0.3, 0.4) is 0 Å². The summed E-state index contributed by atoms with van der Waals surface area (Å²) in [7, 11) is 0. The van der Waals surface area contributed by atoms with Crippen molar-refractivity contribution in [3.63, 3.8) is 0 Å². The first kappa shape index (κ1) is 15.6. The van der Waals surface area contributed by atoms with Crippen molar-refractivity contribution in [3.8, 4) is 5.75 Å². The Balaban J connectivity index is 1.98. The first-order chi connectivity index (χ1) is 10.5. The number of esters is 1. The van der Waals surface area contributed by atoms with E-state index in [1.165, 1.54) is 31.2 Å². The van der Waals surface area contributed by atoms with Gasteiger partial charge in [-0.25, -0.2) is 4.79 Å². The molecule has 0 heterocycles. The Kier molecular flexibility index (Phi) is 4.78. The van der Waals surface area contributed by atoms with Crippen LogP contribution in [-0.4, -0.2) is 23.1 Å². The van der Waals surface area contributed by atoms with Crippen molar-refractivity contribution in [2.24, 2.45) is 0 Å². The lowest BCUT2D eigenvalue weighted by atomic mass is 10.2. The Hall–Kier alpha value is -2.82. The highest BCUT2D eigenvalue weighted by atomic mass is 16.5. The van der Waals surface area contributed by atoms with Gasteiger partial charge in [-0.05, 0) is 49.7 Å². The molecule has 0 aliphatic carbocycles. The summed E-state index contributed by atoms with van der Waals surface area (Å²) in [6.07, 6.45) is -0.949.